The lowest BCUT2D eigenvalue weighted by Crippen LogP contribution is -2.39. The van der Waals surface area contributed by atoms with Crippen LogP contribution in [0.1, 0.15) is 12.0 Å². The summed E-state index contributed by atoms with van der Waals surface area (Å²) in [6.45, 7) is 1.96. The quantitative estimate of drug-likeness (QED) is 0.711. The summed E-state index contributed by atoms with van der Waals surface area (Å²) in [5.74, 6) is 1.05. The molecule has 0 atom stereocenters. The third-order valence-corrected chi connectivity index (χ3v) is 6.34. The maximum Gasteiger partial charge on any atom is 0.302 e. The van der Waals surface area contributed by atoms with Crippen molar-refractivity contribution in [2.75, 3.05) is 35.8 Å². The molecule has 0 unspecified atom stereocenters. The molecule has 4 rings (SSSR count). The van der Waals surface area contributed by atoms with E-state index in [-0.39, 0.29) is 0 Å². The number of para-hydroxylation sites is 1. The van der Waals surface area contributed by atoms with Gasteiger partial charge in [-0.1, -0.05) is 18.2 Å². The topological polar surface area (TPSA) is 102 Å². The molecule has 1 fully saturated rings. The molecule has 0 amide bonds. The normalized spacial score (nSPS) is 15.6. The molecule has 9 heteroatoms. The van der Waals surface area contributed by atoms with Crippen molar-refractivity contribution in [3.63, 3.8) is 0 Å². The SMILES string of the molecule is N#Cc1ccc(N2CCCN(S(=O)(=O)Nc3ccc4ccccc4n3)CC2)nc1. The van der Waals surface area contributed by atoms with Crippen molar-refractivity contribution in [3.8, 4) is 6.07 Å². The average molecular weight is 408 g/mol. The second-order valence-corrected chi connectivity index (χ2v) is 8.42. The third-order valence-electron chi connectivity index (χ3n) is 4.83. The highest BCUT2D eigenvalue weighted by molar-refractivity contribution is 7.90. The first-order chi connectivity index (χ1) is 14.0. The number of hydrogen-bond donors (Lipinski definition) is 1. The summed E-state index contributed by atoms with van der Waals surface area (Å²) in [5, 5.41) is 9.85. The first-order valence-electron chi connectivity index (χ1n) is 9.30. The molecule has 8 nitrogen and oxygen atoms in total. The summed E-state index contributed by atoms with van der Waals surface area (Å²) in [6.07, 6.45) is 2.20. The Kier molecular flexibility index (Phi) is 5.29. The predicted octanol–water partition coefficient (Wildman–Crippen LogP) is 2.37. The van der Waals surface area contributed by atoms with Crippen molar-refractivity contribution >= 4 is 32.7 Å². The van der Waals surface area contributed by atoms with E-state index in [9.17, 15) is 8.42 Å². The Hall–Kier alpha value is -3.22. The van der Waals surface area contributed by atoms with Crippen molar-refractivity contribution < 1.29 is 8.42 Å². The predicted molar refractivity (Wildman–Crippen MR) is 112 cm³/mol. The van der Waals surface area contributed by atoms with E-state index in [4.69, 9.17) is 5.26 Å². The number of pyridine rings is 2. The Morgan fingerprint density at radius 3 is 2.66 bits per heavy atom. The summed E-state index contributed by atoms with van der Waals surface area (Å²) < 4.78 is 29.8. The second-order valence-electron chi connectivity index (χ2n) is 6.75. The minimum Gasteiger partial charge on any atom is -0.355 e. The van der Waals surface area contributed by atoms with Crippen LogP contribution < -0.4 is 9.62 Å². The van der Waals surface area contributed by atoms with Gasteiger partial charge < -0.3 is 4.90 Å². The van der Waals surface area contributed by atoms with Crippen LogP contribution in [-0.2, 0) is 10.2 Å². The molecule has 1 aromatic carbocycles. The Bertz CT molecular complexity index is 1160. The molecule has 2 aromatic heterocycles. The zero-order chi connectivity index (χ0) is 20.3. The number of rotatable bonds is 4. The lowest BCUT2D eigenvalue weighted by Gasteiger charge is -2.22. The van der Waals surface area contributed by atoms with Gasteiger partial charge in [-0.25, -0.2) is 9.97 Å². The number of nitrogens with zero attached hydrogens (tertiary/aromatic N) is 5. The first-order valence-corrected chi connectivity index (χ1v) is 10.7. The van der Waals surface area contributed by atoms with Crippen molar-refractivity contribution in [1.82, 2.24) is 14.3 Å². The maximum absolute atomic E-state index is 12.9. The van der Waals surface area contributed by atoms with Gasteiger partial charge in [0, 0.05) is 37.8 Å². The molecule has 0 bridgehead atoms. The molecule has 3 heterocycles. The van der Waals surface area contributed by atoms with Gasteiger partial charge in [-0.05, 0) is 36.8 Å². The van der Waals surface area contributed by atoms with Gasteiger partial charge in [0.05, 0.1) is 11.1 Å². The summed E-state index contributed by atoms with van der Waals surface area (Å²) in [5.41, 5.74) is 1.24. The number of benzene rings is 1. The molecule has 1 saturated heterocycles. The second kappa shape index (κ2) is 8.03. The van der Waals surface area contributed by atoms with E-state index < -0.39 is 10.2 Å². The lowest BCUT2D eigenvalue weighted by molar-refractivity contribution is 0.437. The van der Waals surface area contributed by atoms with Crippen LogP contribution in [0.25, 0.3) is 10.9 Å². The van der Waals surface area contributed by atoms with Gasteiger partial charge in [0.1, 0.15) is 17.7 Å². The smallest absolute Gasteiger partial charge is 0.302 e. The van der Waals surface area contributed by atoms with Gasteiger partial charge in [0.25, 0.3) is 0 Å². The average Bonchev–Trinajstić information content (AvgIpc) is 3.00. The molecule has 29 heavy (non-hydrogen) atoms. The van der Waals surface area contributed by atoms with Crippen LogP contribution in [0.3, 0.4) is 0 Å². The van der Waals surface area contributed by atoms with Crippen LogP contribution in [0.2, 0.25) is 0 Å². The number of hydrogen-bond acceptors (Lipinski definition) is 6. The number of aromatic nitrogens is 2. The minimum atomic E-state index is -3.71. The zero-order valence-electron chi connectivity index (χ0n) is 15.7. The number of fused-ring (bicyclic) bond motifs is 1. The summed E-state index contributed by atoms with van der Waals surface area (Å²) in [4.78, 5) is 10.7. The summed E-state index contributed by atoms with van der Waals surface area (Å²) in [7, 11) is -3.71. The Morgan fingerprint density at radius 1 is 1.00 bits per heavy atom. The van der Waals surface area contributed by atoms with E-state index in [1.54, 1.807) is 18.2 Å². The molecule has 148 valence electrons. The minimum absolute atomic E-state index is 0.304. The van der Waals surface area contributed by atoms with Crippen LogP contribution in [0, 0.1) is 11.3 Å². The van der Waals surface area contributed by atoms with Gasteiger partial charge in [-0.3, -0.25) is 4.72 Å². The summed E-state index contributed by atoms with van der Waals surface area (Å²) in [6, 6.07) is 16.6. The maximum atomic E-state index is 12.9. The van der Waals surface area contributed by atoms with E-state index in [1.807, 2.05) is 41.3 Å². The summed E-state index contributed by atoms with van der Waals surface area (Å²) >= 11 is 0. The molecule has 1 N–H and O–H groups in total. The molecule has 0 aliphatic carbocycles. The highest BCUT2D eigenvalue weighted by atomic mass is 32.2. The fourth-order valence-corrected chi connectivity index (χ4v) is 4.52. The largest absolute Gasteiger partial charge is 0.355 e. The molecular weight excluding hydrogens is 388 g/mol. The van der Waals surface area contributed by atoms with Gasteiger partial charge in [0.15, 0.2) is 0 Å². The van der Waals surface area contributed by atoms with E-state index >= 15 is 0 Å². The van der Waals surface area contributed by atoms with Crippen LogP contribution in [0.4, 0.5) is 11.6 Å². The van der Waals surface area contributed by atoms with Crippen molar-refractivity contribution in [1.29, 1.82) is 5.26 Å². The van der Waals surface area contributed by atoms with E-state index in [0.29, 0.717) is 44.0 Å². The number of nitriles is 1. The van der Waals surface area contributed by atoms with Crippen LogP contribution >= 0.6 is 0 Å². The molecule has 3 aromatic rings. The Morgan fingerprint density at radius 2 is 1.86 bits per heavy atom. The van der Waals surface area contributed by atoms with Crippen LogP contribution in [0.15, 0.2) is 54.7 Å². The first kappa shape index (κ1) is 19.1. The Balaban J connectivity index is 1.46. The third kappa shape index (κ3) is 4.29. The highest BCUT2D eigenvalue weighted by Crippen LogP contribution is 2.19. The van der Waals surface area contributed by atoms with Crippen LogP contribution in [-0.4, -0.2) is 48.9 Å². The molecular formula is C20H20N6O2S. The van der Waals surface area contributed by atoms with Crippen molar-refractivity contribution in [3.05, 3.63) is 60.3 Å². The molecule has 0 spiro atoms. The molecule has 1 aliphatic rings. The molecule has 0 saturated carbocycles. The van der Waals surface area contributed by atoms with E-state index in [0.717, 1.165) is 16.7 Å². The van der Waals surface area contributed by atoms with Gasteiger partial charge in [-0.15, -0.1) is 0 Å². The van der Waals surface area contributed by atoms with Crippen LogP contribution in [0.5, 0.6) is 0 Å². The van der Waals surface area contributed by atoms with Crippen molar-refractivity contribution in [2.24, 2.45) is 0 Å². The highest BCUT2D eigenvalue weighted by Gasteiger charge is 2.26. The van der Waals surface area contributed by atoms with Crippen molar-refractivity contribution in [2.45, 2.75) is 6.42 Å². The number of anilines is 2. The standard InChI is InChI=1S/C20H20N6O2S/c21-14-16-6-9-20(22-15-16)25-10-3-11-26(13-12-25)29(27,28)24-19-8-7-17-4-1-2-5-18(17)23-19/h1-2,4-9,15H,3,10-13H2,(H,23,24). The Labute approximate surface area is 169 Å². The monoisotopic (exact) mass is 408 g/mol. The molecule has 1 aliphatic heterocycles. The van der Waals surface area contributed by atoms with E-state index in [2.05, 4.69) is 14.7 Å². The number of nitrogens with one attached hydrogen (secondary N) is 1. The fraction of sp³-hybridized carbons (Fsp3) is 0.250. The van der Waals surface area contributed by atoms with E-state index in [1.165, 1.54) is 10.5 Å². The van der Waals surface area contributed by atoms with Gasteiger partial charge in [0.2, 0.25) is 0 Å². The zero-order valence-corrected chi connectivity index (χ0v) is 16.5. The lowest BCUT2D eigenvalue weighted by atomic mass is 10.2. The fourth-order valence-electron chi connectivity index (χ4n) is 3.32. The van der Waals surface area contributed by atoms with Gasteiger partial charge in [-0.2, -0.15) is 18.0 Å². The van der Waals surface area contributed by atoms with Gasteiger partial charge >= 0.3 is 10.2 Å². The molecule has 0 radical (unpaired) electrons.